The van der Waals surface area contributed by atoms with Gasteiger partial charge in [0.2, 0.25) is 10.0 Å². The van der Waals surface area contributed by atoms with E-state index >= 15 is 0 Å². The number of nitrogens with zero attached hydrogens (tertiary/aromatic N) is 1. The third-order valence-electron chi connectivity index (χ3n) is 2.56. The van der Waals surface area contributed by atoms with Gasteiger partial charge < -0.3 is 5.73 Å². The third kappa shape index (κ3) is 3.65. The van der Waals surface area contributed by atoms with Gasteiger partial charge in [-0.3, -0.25) is 9.71 Å². The van der Waals surface area contributed by atoms with Crippen molar-refractivity contribution in [2.75, 3.05) is 17.0 Å². The van der Waals surface area contributed by atoms with Crippen LogP contribution < -0.4 is 10.5 Å². The summed E-state index contributed by atoms with van der Waals surface area (Å²) in [6, 6.07) is 7.26. The first kappa shape index (κ1) is 14.2. The van der Waals surface area contributed by atoms with Gasteiger partial charge in [-0.05, 0) is 41.0 Å². The van der Waals surface area contributed by atoms with E-state index in [0.29, 0.717) is 24.2 Å². The van der Waals surface area contributed by atoms with Crippen LogP contribution in [0.5, 0.6) is 0 Å². The molecule has 1 heterocycles. The Kier molecular flexibility index (Phi) is 4.38. The average molecular weight is 344 g/mol. The molecule has 0 atom stereocenters. The summed E-state index contributed by atoms with van der Waals surface area (Å²) in [6.07, 6.45) is 2.07. The molecular weight excluding hydrogens is 330 g/mol. The van der Waals surface area contributed by atoms with Crippen molar-refractivity contribution in [3.63, 3.8) is 0 Å². The van der Waals surface area contributed by atoms with E-state index in [9.17, 15) is 8.42 Å². The van der Waals surface area contributed by atoms with Crippen molar-refractivity contribution in [2.24, 2.45) is 5.73 Å². The molecule has 2 rings (SSSR count). The van der Waals surface area contributed by atoms with Gasteiger partial charge in [0.1, 0.15) is 0 Å². The lowest BCUT2D eigenvalue weighted by Crippen LogP contribution is -2.19. The van der Waals surface area contributed by atoms with Gasteiger partial charge in [0, 0.05) is 16.1 Å². The minimum atomic E-state index is -3.38. The molecule has 1 aromatic heterocycles. The third-order valence-corrected chi connectivity index (χ3v) is 4.35. The Bertz CT molecular complexity index is 688. The molecule has 0 spiro atoms. The molecule has 7 heteroatoms. The average Bonchev–Trinajstić information content (AvgIpc) is 2.36. The second kappa shape index (κ2) is 5.85. The maximum atomic E-state index is 11.9. The molecule has 0 saturated carbocycles. The lowest BCUT2D eigenvalue weighted by molar-refractivity contribution is 0.599. The summed E-state index contributed by atoms with van der Waals surface area (Å²) in [5.74, 6) is 0.0103. The number of anilines is 1. The van der Waals surface area contributed by atoms with Crippen LogP contribution >= 0.6 is 15.9 Å². The van der Waals surface area contributed by atoms with Gasteiger partial charge in [-0.2, -0.15) is 0 Å². The van der Waals surface area contributed by atoms with Crippen LogP contribution in [0.2, 0.25) is 0 Å². The molecule has 0 saturated heterocycles. The zero-order valence-electron chi connectivity index (χ0n) is 10.1. The number of hydrogen-bond acceptors (Lipinski definition) is 4. The number of nitrogens with two attached hydrogens (primary N) is 1. The SMILES string of the molecule is NCCCS(=O)(=O)Nc1cccc2cc(Br)cnc12. The summed E-state index contributed by atoms with van der Waals surface area (Å²) in [5.41, 5.74) is 6.44. The van der Waals surface area contributed by atoms with Gasteiger partial charge in [0.15, 0.2) is 0 Å². The van der Waals surface area contributed by atoms with Gasteiger partial charge >= 0.3 is 0 Å². The fraction of sp³-hybridized carbons (Fsp3) is 0.250. The number of halogens is 1. The zero-order chi connectivity index (χ0) is 13.9. The molecule has 0 aliphatic heterocycles. The highest BCUT2D eigenvalue weighted by atomic mass is 79.9. The molecule has 0 unspecified atom stereocenters. The smallest absolute Gasteiger partial charge is 0.232 e. The lowest BCUT2D eigenvalue weighted by atomic mass is 10.2. The van der Waals surface area contributed by atoms with E-state index in [1.807, 2.05) is 12.1 Å². The van der Waals surface area contributed by atoms with E-state index in [1.165, 1.54) is 0 Å². The van der Waals surface area contributed by atoms with Crippen molar-refractivity contribution in [1.29, 1.82) is 0 Å². The van der Waals surface area contributed by atoms with Crippen LogP contribution in [0, 0.1) is 0 Å². The standard InChI is InChI=1S/C12H14BrN3O2S/c13-10-7-9-3-1-4-11(12(9)15-8-10)16-19(17,18)6-2-5-14/h1,3-4,7-8,16H,2,5-6,14H2. The van der Waals surface area contributed by atoms with Crippen molar-refractivity contribution in [1.82, 2.24) is 4.98 Å². The Morgan fingerprint density at radius 3 is 2.89 bits per heavy atom. The molecule has 102 valence electrons. The number of fused-ring (bicyclic) bond motifs is 1. The molecule has 0 aliphatic carbocycles. The first-order valence-corrected chi connectivity index (χ1v) is 8.21. The number of aromatic nitrogens is 1. The van der Waals surface area contributed by atoms with E-state index in [1.54, 1.807) is 18.3 Å². The van der Waals surface area contributed by atoms with E-state index in [-0.39, 0.29) is 5.75 Å². The summed E-state index contributed by atoms with van der Waals surface area (Å²) in [4.78, 5) is 4.25. The summed E-state index contributed by atoms with van der Waals surface area (Å²) in [7, 11) is -3.38. The summed E-state index contributed by atoms with van der Waals surface area (Å²) in [5, 5.41) is 0.869. The van der Waals surface area contributed by atoms with Crippen LogP contribution in [-0.2, 0) is 10.0 Å². The quantitative estimate of drug-likeness (QED) is 0.870. The molecular formula is C12H14BrN3O2S. The summed E-state index contributed by atoms with van der Waals surface area (Å²) >= 11 is 3.34. The van der Waals surface area contributed by atoms with E-state index < -0.39 is 10.0 Å². The molecule has 19 heavy (non-hydrogen) atoms. The topological polar surface area (TPSA) is 85.1 Å². The first-order chi connectivity index (χ1) is 9.02. The number of para-hydroxylation sites is 1. The number of rotatable bonds is 5. The second-order valence-electron chi connectivity index (χ2n) is 4.09. The Labute approximate surface area is 120 Å². The highest BCUT2D eigenvalue weighted by molar-refractivity contribution is 9.10. The predicted octanol–water partition coefficient (Wildman–Crippen LogP) is 2.09. The molecule has 0 amide bonds. The highest BCUT2D eigenvalue weighted by Crippen LogP contribution is 2.24. The normalized spacial score (nSPS) is 11.7. The van der Waals surface area contributed by atoms with Crippen LogP contribution in [-0.4, -0.2) is 25.7 Å². The fourth-order valence-electron chi connectivity index (χ4n) is 1.71. The van der Waals surface area contributed by atoms with E-state index in [2.05, 4.69) is 25.6 Å². The van der Waals surface area contributed by atoms with E-state index in [4.69, 9.17) is 5.73 Å². The van der Waals surface area contributed by atoms with Gasteiger partial charge in [0.05, 0.1) is 17.0 Å². The fourth-order valence-corrected chi connectivity index (χ4v) is 3.21. The highest BCUT2D eigenvalue weighted by Gasteiger charge is 2.12. The number of hydrogen-bond donors (Lipinski definition) is 2. The van der Waals surface area contributed by atoms with Crippen molar-refractivity contribution < 1.29 is 8.42 Å². The van der Waals surface area contributed by atoms with Gasteiger partial charge in [-0.1, -0.05) is 12.1 Å². The van der Waals surface area contributed by atoms with Gasteiger partial charge in [0.25, 0.3) is 0 Å². The predicted molar refractivity (Wildman–Crippen MR) is 80.5 cm³/mol. The van der Waals surface area contributed by atoms with Crippen LogP contribution in [0.1, 0.15) is 6.42 Å². The summed E-state index contributed by atoms with van der Waals surface area (Å²) in [6.45, 7) is 0.349. The largest absolute Gasteiger partial charge is 0.330 e. The van der Waals surface area contributed by atoms with Crippen molar-refractivity contribution in [3.8, 4) is 0 Å². The first-order valence-electron chi connectivity index (χ1n) is 5.77. The zero-order valence-corrected chi connectivity index (χ0v) is 12.5. The molecule has 0 fully saturated rings. The second-order valence-corrected chi connectivity index (χ2v) is 6.85. The van der Waals surface area contributed by atoms with Crippen molar-refractivity contribution in [2.45, 2.75) is 6.42 Å². The number of sulfonamides is 1. The Balaban J connectivity index is 2.36. The van der Waals surface area contributed by atoms with E-state index in [0.717, 1.165) is 9.86 Å². The number of benzene rings is 1. The molecule has 0 radical (unpaired) electrons. The van der Waals surface area contributed by atoms with Crippen molar-refractivity contribution >= 4 is 42.5 Å². The molecule has 0 aliphatic rings. The van der Waals surface area contributed by atoms with Crippen LogP contribution in [0.3, 0.4) is 0 Å². The molecule has 5 nitrogen and oxygen atoms in total. The van der Waals surface area contributed by atoms with Gasteiger partial charge in [-0.15, -0.1) is 0 Å². The van der Waals surface area contributed by atoms with Gasteiger partial charge in [-0.25, -0.2) is 8.42 Å². The lowest BCUT2D eigenvalue weighted by Gasteiger charge is -2.09. The number of nitrogens with one attached hydrogen (secondary N) is 1. The maximum absolute atomic E-state index is 11.9. The molecule has 0 bridgehead atoms. The van der Waals surface area contributed by atoms with Crippen LogP contribution in [0.15, 0.2) is 34.9 Å². The minimum absolute atomic E-state index is 0.0103. The molecule has 2 aromatic rings. The van der Waals surface area contributed by atoms with Crippen LogP contribution in [0.25, 0.3) is 10.9 Å². The molecule has 1 aromatic carbocycles. The maximum Gasteiger partial charge on any atom is 0.232 e. The minimum Gasteiger partial charge on any atom is -0.330 e. The monoisotopic (exact) mass is 343 g/mol. The Morgan fingerprint density at radius 2 is 2.16 bits per heavy atom. The van der Waals surface area contributed by atoms with Crippen molar-refractivity contribution in [3.05, 3.63) is 34.9 Å². The number of pyridine rings is 1. The van der Waals surface area contributed by atoms with Crippen LogP contribution in [0.4, 0.5) is 5.69 Å². The Hall–Kier alpha value is -1.18. The summed E-state index contributed by atoms with van der Waals surface area (Å²) < 4.78 is 27.1. The Morgan fingerprint density at radius 1 is 1.37 bits per heavy atom. The molecule has 3 N–H and O–H groups in total.